The van der Waals surface area contributed by atoms with E-state index >= 15 is 0 Å². The molecule has 1 aromatic heterocycles. The Hall–Kier alpha value is -1.97. The largest absolute Gasteiger partial charge is 0.361 e. The molecule has 0 spiro atoms. The second kappa shape index (κ2) is 3.31. The lowest BCUT2D eigenvalue weighted by Gasteiger charge is -2.17. The number of H-pyrrole nitrogens is 1. The number of nitrogens with zero attached hydrogens (tertiary/aromatic N) is 2. The molecule has 15 heavy (non-hydrogen) atoms. The topological polar surface area (TPSA) is 43.4 Å². The van der Waals surface area contributed by atoms with E-state index in [0.29, 0.717) is 0 Å². The van der Waals surface area contributed by atoms with Crippen molar-refractivity contribution in [2.75, 3.05) is 18.5 Å². The molecule has 4 heteroatoms. The van der Waals surface area contributed by atoms with Gasteiger partial charge in [0.15, 0.2) is 0 Å². The van der Waals surface area contributed by atoms with Crippen molar-refractivity contribution in [1.29, 1.82) is 0 Å². The van der Waals surface area contributed by atoms with Crippen LogP contribution in [-0.2, 0) is 0 Å². The quantitative estimate of drug-likeness (QED) is 0.776. The van der Waals surface area contributed by atoms with E-state index in [2.05, 4.69) is 33.6 Å². The van der Waals surface area contributed by atoms with Gasteiger partial charge in [-0.3, -0.25) is 15.4 Å². The average Bonchev–Trinajstić information content (AvgIpc) is 2.87. The van der Waals surface area contributed by atoms with Crippen LogP contribution >= 0.6 is 0 Å². The third-order valence-electron chi connectivity index (χ3n) is 2.55. The molecule has 0 radical (unpaired) electrons. The first kappa shape index (κ1) is 8.35. The minimum atomic E-state index is 0.871. The Morgan fingerprint density at radius 2 is 2.33 bits per heavy atom. The molecule has 0 amide bonds. The van der Waals surface area contributed by atoms with Crippen LogP contribution in [0, 0.1) is 0 Å². The Morgan fingerprint density at radius 1 is 1.33 bits per heavy atom. The number of nitrogens with one attached hydrogen (secondary N) is 2. The second-order valence-corrected chi connectivity index (χ2v) is 3.57. The minimum Gasteiger partial charge on any atom is -0.361 e. The van der Waals surface area contributed by atoms with E-state index in [0.717, 1.165) is 24.3 Å². The lowest BCUT2D eigenvalue weighted by atomic mass is 10.2. The van der Waals surface area contributed by atoms with Gasteiger partial charge in [0.25, 0.3) is 0 Å². The van der Waals surface area contributed by atoms with Gasteiger partial charge in [-0.15, -0.1) is 0 Å². The molecular formula is C11H12N4. The van der Waals surface area contributed by atoms with E-state index in [4.69, 9.17) is 0 Å². The molecule has 0 saturated carbocycles. The number of rotatable bonds is 2. The number of aliphatic imine (C=N–C) groups is 1. The Labute approximate surface area is 87.6 Å². The van der Waals surface area contributed by atoms with E-state index in [1.807, 2.05) is 23.6 Å². The molecule has 76 valence electrons. The molecule has 4 nitrogen and oxygen atoms in total. The summed E-state index contributed by atoms with van der Waals surface area (Å²) in [5.41, 5.74) is 5.60. The van der Waals surface area contributed by atoms with E-state index in [9.17, 15) is 0 Å². The molecule has 0 fully saturated rings. The standard InChI is InChI=1S/C11H12N4/c1-2-10-9(4-5-13-10)11(3-1)14-15-7-6-12-8-15/h1-5,8,13-14H,6-7H2. The van der Waals surface area contributed by atoms with Crippen LogP contribution in [0.4, 0.5) is 5.69 Å². The smallest absolute Gasteiger partial charge is 0.104 e. The molecular weight excluding hydrogens is 188 g/mol. The van der Waals surface area contributed by atoms with Crippen LogP contribution in [0.3, 0.4) is 0 Å². The van der Waals surface area contributed by atoms with Gasteiger partial charge in [0.05, 0.1) is 18.8 Å². The summed E-state index contributed by atoms with van der Waals surface area (Å²) in [7, 11) is 0. The molecule has 2 N–H and O–H groups in total. The van der Waals surface area contributed by atoms with Gasteiger partial charge >= 0.3 is 0 Å². The highest BCUT2D eigenvalue weighted by Gasteiger charge is 2.07. The van der Waals surface area contributed by atoms with Crippen LogP contribution in [0.1, 0.15) is 0 Å². The van der Waals surface area contributed by atoms with E-state index in [1.54, 1.807) is 0 Å². The average molecular weight is 200 g/mol. The van der Waals surface area contributed by atoms with Gasteiger partial charge in [0, 0.05) is 17.1 Å². The van der Waals surface area contributed by atoms with Crippen LogP contribution < -0.4 is 5.43 Å². The zero-order chi connectivity index (χ0) is 10.1. The zero-order valence-corrected chi connectivity index (χ0v) is 8.27. The number of benzene rings is 1. The molecule has 3 rings (SSSR count). The lowest BCUT2D eigenvalue weighted by molar-refractivity contribution is 0.558. The molecule has 0 saturated heterocycles. The fourth-order valence-corrected chi connectivity index (χ4v) is 1.80. The molecule has 1 aliphatic rings. The summed E-state index contributed by atoms with van der Waals surface area (Å²) in [4.78, 5) is 7.35. The molecule has 0 atom stereocenters. The summed E-state index contributed by atoms with van der Waals surface area (Å²) < 4.78 is 0. The Bertz CT molecular complexity index is 500. The van der Waals surface area contributed by atoms with Crippen LogP contribution in [0.25, 0.3) is 10.9 Å². The van der Waals surface area contributed by atoms with Crippen molar-refractivity contribution in [1.82, 2.24) is 9.99 Å². The molecule has 1 aliphatic heterocycles. The van der Waals surface area contributed by atoms with Crippen LogP contribution in [-0.4, -0.2) is 29.4 Å². The van der Waals surface area contributed by atoms with Crippen molar-refractivity contribution in [3.8, 4) is 0 Å². The van der Waals surface area contributed by atoms with Crippen LogP contribution in [0.5, 0.6) is 0 Å². The molecule has 2 heterocycles. The predicted molar refractivity (Wildman–Crippen MR) is 62.0 cm³/mol. The first-order chi connectivity index (χ1) is 7.43. The Balaban J connectivity index is 1.95. The van der Waals surface area contributed by atoms with Crippen molar-refractivity contribution in [3.05, 3.63) is 30.5 Å². The van der Waals surface area contributed by atoms with Crippen molar-refractivity contribution < 1.29 is 0 Å². The predicted octanol–water partition coefficient (Wildman–Crippen LogP) is 1.84. The first-order valence-corrected chi connectivity index (χ1v) is 5.03. The van der Waals surface area contributed by atoms with Gasteiger partial charge in [0.1, 0.15) is 6.34 Å². The van der Waals surface area contributed by atoms with Gasteiger partial charge in [-0.1, -0.05) is 6.07 Å². The lowest BCUT2D eigenvalue weighted by Crippen LogP contribution is -2.26. The summed E-state index contributed by atoms with van der Waals surface area (Å²) in [5, 5.41) is 3.21. The summed E-state index contributed by atoms with van der Waals surface area (Å²) in [6.45, 7) is 1.80. The number of aromatic nitrogens is 1. The number of anilines is 1. The highest BCUT2D eigenvalue weighted by molar-refractivity contribution is 5.92. The molecule has 2 aromatic rings. The normalized spacial score (nSPS) is 15.1. The molecule has 0 aliphatic carbocycles. The van der Waals surface area contributed by atoms with Gasteiger partial charge in [0.2, 0.25) is 0 Å². The number of hydrogen-bond acceptors (Lipinski definition) is 3. The molecule has 0 bridgehead atoms. The fraction of sp³-hybridized carbons (Fsp3) is 0.182. The summed E-state index contributed by atoms with van der Waals surface area (Å²) in [5.74, 6) is 0. The van der Waals surface area contributed by atoms with Gasteiger partial charge in [-0.05, 0) is 18.2 Å². The summed E-state index contributed by atoms with van der Waals surface area (Å²) >= 11 is 0. The van der Waals surface area contributed by atoms with Crippen molar-refractivity contribution in [2.45, 2.75) is 0 Å². The maximum atomic E-state index is 4.16. The van der Waals surface area contributed by atoms with E-state index in [1.165, 1.54) is 5.39 Å². The number of fused-ring (bicyclic) bond motifs is 1. The SMILES string of the molecule is C1=NCCN1Nc1cccc2[nH]ccc12. The Kier molecular flexibility index (Phi) is 1.84. The van der Waals surface area contributed by atoms with Crippen molar-refractivity contribution in [3.63, 3.8) is 0 Å². The molecule has 0 unspecified atom stereocenters. The highest BCUT2D eigenvalue weighted by Crippen LogP contribution is 2.22. The third-order valence-corrected chi connectivity index (χ3v) is 2.55. The van der Waals surface area contributed by atoms with Gasteiger partial charge in [-0.2, -0.15) is 0 Å². The van der Waals surface area contributed by atoms with Crippen LogP contribution in [0.15, 0.2) is 35.5 Å². The van der Waals surface area contributed by atoms with Crippen LogP contribution in [0.2, 0.25) is 0 Å². The minimum absolute atomic E-state index is 0.871. The first-order valence-electron chi connectivity index (χ1n) is 5.03. The summed E-state index contributed by atoms with van der Waals surface area (Å²) in [6.07, 6.45) is 3.79. The number of aromatic amines is 1. The maximum absolute atomic E-state index is 4.16. The van der Waals surface area contributed by atoms with E-state index < -0.39 is 0 Å². The zero-order valence-electron chi connectivity index (χ0n) is 8.27. The summed E-state index contributed by atoms with van der Waals surface area (Å²) in [6, 6.07) is 8.25. The molecule has 1 aromatic carbocycles. The Morgan fingerprint density at radius 3 is 3.20 bits per heavy atom. The third kappa shape index (κ3) is 1.44. The fourth-order valence-electron chi connectivity index (χ4n) is 1.80. The van der Waals surface area contributed by atoms with Crippen molar-refractivity contribution in [2.24, 2.45) is 4.99 Å². The van der Waals surface area contributed by atoms with Gasteiger partial charge in [-0.25, -0.2) is 0 Å². The monoisotopic (exact) mass is 200 g/mol. The highest BCUT2D eigenvalue weighted by atomic mass is 15.5. The van der Waals surface area contributed by atoms with E-state index in [-0.39, 0.29) is 0 Å². The number of hydrogen-bond donors (Lipinski definition) is 2. The number of hydrazine groups is 1. The maximum Gasteiger partial charge on any atom is 0.104 e. The van der Waals surface area contributed by atoms with Gasteiger partial charge < -0.3 is 4.98 Å². The van der Waals surface area contributed by atoms with Crippen molar-refractivity contribution >= 4 is 22.9 Å². The second-order valence-electron chi connectivity index (χ2n) is 3.57.